The van der Waals surface area contributed by atoms with E-state index < -0.39 is 4.92 Å². The van der Waals surface area contributed by atoms with Gasteiger partial charge in [-0.05, 0) is 49.9 Å². The van der Waals surface area contributed by atoms with Gasteiger partial charge < -0.3 is 5.32 Å². The Morgan fingerprint density at radius 3 is 2.54 bits per heavy atom. The molecule has 7 heteroatoms. The molecule has 3 rings (SSSR count). The van der Waals surface area contributed by atoms with E-state index in [0.29, 0.717) is 17.3 Å². The summed E-state index contributed by atoms with van der Waals surface area (Å²) in [4.78, 5) is 23.1. The van der Waals surface area contributed by atoms with Crippen molar-refractivity contribution >= 4 is 11.6 Å². The van der Waals surface area contributed by atoms with Crippen molar-refractivity contribution in [2.24, 2.45) is 16.7 Å². The summed E-state index contributed by atoms with van der Waals surface area (Å²) in [5.41, 5.74) is 1.12. The zero-order valence-corrected chi connectivity index (χ0v) is 15.0. The van der Waals surface area contributed by atoms with Crippen LogP contribution in [-0.2, 0) is 11.3 Å². The van der Waals surface area contributed by atoms with Gasteiger partial charge in [-0.2, -0.15) is 5.10 Å². The van der Waals surface area contributed by atoms with Crippen molar-refractivity contribution < 1.29 is 9.72 Å². The Balaban J connectivity index is 1.72. The number of nitrogens with one attached hydrogen (secondary N) is 1. The highest BCUT2D eigenvalue weighted by Gasteiger charge is 2.61. The van der Waals surface area contributed by atoms with E-state index in [4.69, 9.17) is 0 Å². The Kier molecular flexibility index (Phi) is 3.73. The Morgan fingerprint density at radius 1 is 1.42 bits per heavy atom. The van der Waals surface area contributed by atoms with E-state index in [9.17, 15) is 14.9 Å². The van der Waals surface area contributed by atoms with Gasteiger partial charge in [-0.3, -0.25) is 19.6 Å². The molecule has 1 aromatic heterocycles. The summed E-state index contributed by atoms with van der Waals surface area (Å²) in [7, 11) is 0. The van der Waals surface area contributed by atoms with Gasteiger partial charge in [0.05, 0.1) is 4.92 Å². The van der Waals surface area contributed by atoms with Gasteiger partial charge in [-0.1, -0.05) is 20.8 Å². The summed E-state index contributed by atoms with van der Waals surface area (Å²) >= 11 is 0. The molecule has 1 amide bonds. The van der Waals surface area contributed by atoms with Gasteiger partial charge in [0.1, 0.15) is 17.9 Å². The maximum atomic E-state index is 12.5. The van der Waals surface area contributed by atoms with Crippen molar-refractivity contribution in [3.8, 4) is 0 Å². The van der Waals surface area contributed by atoms with E-state index in [1.807, 2.05) is 0 Å². The molecule has 2 aliphatic rings. The molecule has 0 unspecified atom stereocenters. The van der Waals surface area contributed by atoms with Gasteiger partial charge in [0.2, 0.25) is 5.91 Å². The second kappa shape index (κ2) is 5.29. The van der Waals surface area contributed by atoms with Gasteiger partial charge in [0.15, 0.2) is 0 Å². The molecule has 1 heterocycles. The predicted octanol–water partition coefficient (Wildman–Crippen LogP) is 2.74. The first-order valence-corrected chi connectivity index (χ1v) is 8.55. The number of hydrogen-bond acceptors (Lipinski definition) is 4. The molecule has 0 aromatic carbocycles. The maximum Gasteiger partial charge on any atom is 0.312 e. The first kappa shape index (κ1) is 16.9. The van der Waals surface area contributed by atoms with E-state index in [0.717, 1.165) is 12.8 Å². The van der Waals surface area contributed by atoms with Gasteiger partial charge in [-0.15, -0.1) is 0 Å². The SMILES string of the molecule is Cc1nn(CC(=O)N[C@H]2C[C@H]3CC[C@]2(C)C3(C)C)c(C)c1[N+](=O)[O-]. The predicted molar refractivity (Wildman–Crippen MR) is 89.5 cm³/mol. The molecule has 24 heavy (non-hydrogen) atoms. The fourth-order valence-electron chi connectivity index (χ4n) is 4.90. The molecule has 3 atom stereocenters. The minimum Gasteiger partial charge on any atom is -0.351 e. The third kappa shape index (κ3) is 2.24. The number of aryl methyl sites for hydroxylation is 1. The molecule has 0 saturated heterocycles. The van der Waals surface area contributed by atoms with Crippen LogP contribution < -0.4 is 5.32 Å². The van der Waals surface area contributed by atoms with E-state index in [-0.39, 0.29) is 35.0 Å². The fourth-order valence-corrected chi connectivity index (χ4v) is 4.90. The molecule has 7 nitrogen and oxygen atoms in total. The van der Waals surface area contributed by atoms with Crippen LogP contribution in [0.1, 0.15) is 51.4 Å². The third-order valence-corrected chi connectivity index (χ3v) is 6.95. The minimum absolute atomic E-state index is 0.00387. The number of hydrogen-bond donors (Lipinski definition) is 1. The molecule has 2 bridgehead atoms. The number of rotatable bonds is 4. The lowest BCUT2D eigenvalue weighted by Gasteiger charge is -2.39. The van der Waals surface area contributed by atoms with Gasteiger partial charge in [0, 0.05) is 6.04 Å². The number of amides is 1. The van der Waals surface area contributed by atoms with Crippen molar-refractivity contribution in [3.63, 3.8) is 0 Å². The van der Waals surface area contributed by atoms with Crippen molar-refractivity contribution in [1.82, 2.24) is 15.1 Å². The molecule has 2 saturated carbocycles. The van der Waals surface area contributed by atoms with Crippen LogP contribution in [0.15, 0.2) is 0 Å². The average molecular weight is 334 g/mol. The van der Waals surface area contributed by atoms with Crippen molar-refractivity contribution in [3.05, 3.63) is 21.5 Å². The molecule has 2 aliphatic carbocycles. The van der Waals surface area contributed by atoms with E-state index in [1.54, 1.807) is 13.8 Å². The molecule has 1 N–H and O–H groups in total. The maximum absolute atomic E-state index is 12.5. The third-order valence-electron chi connectivity index (χ3n) is 6.95. The zero-order valence-electron chi connectivity index (χ0n) is 15.0. The van der Waals surface area contributed by atoms with E-state index in [2.05, 4.69) is 31.2 Å². The number of aromatic nitrogens is 2. The van der Waals surface area contributed by atoms with Crippen LogP contribution in [0.3, 0.4) is 0 Å². The number of nitro groups is 1. The van der Waals surface area contributed by atoms with Gasteiger partial charge in [0.25, 0.3) is 0 Å². The Bertz CT molecular complexity index is 709. The Morgan fingerprint density at radius 2 is 2.08 bits per heavy atom. The number of carbonyl (C=O) groups is 1. The molecule has 0 spiro atoms. The second-order valence-corrected chi connectivity index (χ2v) is 8.16. The van der Waals surface area contributed by atoms with Gasteiger partial charge in [-0.25, -0.2) is 0 Å². The topological polar surface area (TPSA) is 90.1 Å². The summed E-state index contributed by atoms with van der Waals surface area (Å²) in [5.74, 6) is 0.535. The molecule has 2 fully saturated rings. The smallest absolute Gasteiger partial charge is 0.312 e. The summed E-state index contributed by atoms with van der Waals surface area (Å²) in [6, 6.07) is 0.172. The zero-order chi connectivity index (χ0) is 17.9. The highest BCUT2D eigenvalue weighted by Crippen LogP contribution is 2.65. The molecular formula is C17H26N4O3. The fraction of sp³-hybridized carbons (Fsp3) is 0.765. The van der Waals surface area contributed by atoms with Gasteiger partial charge >= 0.3 is 5.69 Å². The summed E-state index contributed by atoms with van der Waals surface area (Å²) in [6.07, 6.45) is 3.40. The van der Waals surface area contributed by atoms with Crippen LogP contribution in [-0.4, -0.2) is 26.7 Å². The molecule has 0 radical (unpaired) electrons. The summed E-state index contributed by atoms with van der Waals surface area (Å²) in [6.45, 7) is 10.1. The number of carbonyl (C=O) groups excluding carboxylic acids is 1. The van der Waals surface area contributed by atoms with Crippen LogP contribution in [0, 0.1) is 40.7 Å². The Labute approximate surface area is 142 Å². The second-order valence-electron chi connectivity index (χ2n) is 8.16. The lowest BCUT2D eigenvalue weighted by molar-refractivity contribution is -0.386. The van der Waals surface area contributed by atoms with Crippen molar-refractivity contribution in [1.29, 1.82) is 0 Å². The van der Waals surface area contributed by atoms with Crippen LogP contribution >= 0.6 is 0 Å². The molecule has 0 aliphatic heterocycles. The molecule has 1 aromatic rings. The molecular weight excluding hydrogens is 308 g/mol. The van der Waals surface area contributed by atoms with Crippen LogP contribution in [0.2, 0.25) is 0 Å². The standard InChI is InChI=1S/C17H26N4O3/c1-10-15(21(23)24)11(2)20(19-10)9-14(22)18-13-8-12-6-7-17(13,5)16(12,3)4/h12-13H,6-9H2,1-5H3,(H,18,22)/t12-,13+,17+/m1/s1. The van der Waals surface area contributed by atoms with Crippen LogP contribution in [0.4, 0.5) is 5.69 Å². The largest absolute Gasteiger partial charge is 0.351 e. The number of nitrogens with zero attached hydrogens (tertiary/aromatic N) is 3. The first-order chi connectivity index (χ1) is 11.1. The summed E-state index contributed by atoms with van der Waals surface area (Å²) in [5, 5.41) is 18.4. The number of fused-ring (bicyclic) bond motifs is 2. The van der Waals surface area contributed by atoms with E-state index >= 15 is 0 Å². The lowest BCUT2D eigenvalue weighted by atomic mass is 9.69. The van der Waals surface area contributed by atoms with E-state index in [1.165, 1.54) is 11.1 Å². The average Bonchev–Trinajstić information content (AvgIpc) is 2.93. The monoisotopic (exact) mass is 334 g/mol. The summed E-state index contributed by atoms with van der Waals surface area (Å²) < 4.78 is 1.43. The quantitative estimate of drug-likeness (QED) is 0.677. The van der Waals surface area contributed by atoms with Crippen molar-refractivity contribution in [2.45, 2.75) is 66.5 Å². The highest BCUT2D eigenvalue weighted by atomic mass is 16.6. The van der Waals surface area contributed by atoms with Crippen molar-refractivity contribution in [2.75, 3.05) is 0 Å². The Hall–Kier alpha value is -1.92. The van der Waals surface area contributed by atoms with Crippen LogP contribution in [0.25, 0.3) is 0 Å². The molecule has 132 valence electrons. The highest BCUT2D eigenvalue weighted by molar-refractivity contribution is 5.76. The first-order valence-electron chi connectivity index (χ1n) is 8.55. The van der Waals surface area contributed by atoms with Crippen LogP contribution in [0.5, 0.6) is 0 Å². The normalized spacial score (nSPS) is 30.5. The minimum atomic E-state index is -0.439. The lowest BCUT2D eigenvalue weighted by Crippen LogP contribution is -2.47.